The van der Waals surface area contributed by atoms with Crippen LogP contribution in [-0.2, 0) is 33.3 Å². The third kappa shape index (κ3) is 6.12. The van der Waals surface area contributed by atoms with Gasteiger partial charge in [-0.15, -0.1) is 11.8 Å². The van der Waals surface area contributed by atoms with E-state index in [4.69, 9.17) is 24.7 Å². The Morgan fingerprint density at radius 3 is 2.59 bits per heavy atom. The highest BCUT2D eigenvalue weighted by Crippen LogP contribution is 2.59. The van der Waals surface area contributed by atoms with Crippen LogP contribution in [0.3, 0.4) is 0 Å². The van der Waals surface area contributed by atoms with Crippen LogP contribution in [0.15, 0.2) is 11.6 Å². The first-order valence-corrected chi connectivity index (χ1v) is 12.6. The van der Waals surface area contributed by atoms with Crippen LogP contribution in [0.25, 0.3) is 0 Å². The standard InChI is InChI=1S/C23H36N2O8S/c1-13(2)6-7-16-22(3,33-16)19-18(29-4)15(8-9-23(19)12-31-23)32-21(28)25-17(26)11-34-10-14(24)20(27)30-5/h6,14-16,18-19H,7-12,24H2,1-5H3,(H,25,26,28)/t14-,15+,16+,18+,19+,22-,23-/m0/s1. The third-order valence-corrected chi connectivity index (χ3v) is 7.83. The van der Waals surface area contributed by atoms with E-state index < -0.39 is 41.8 Å². The molecule has 3 N–H and O–H groups in total. The molecule has 0 bridgehead atoms. The molecule has 192 valence electrons. The minimum Gasteiger partial charge on any atom is -0.468 e. The average Bonchev–Trinajstić information content (AvgIpc) is 3.69. The monoisotopic (exact) mass is 500 g/mol. The number of amides is 2. The minimum atomic E-state index is -0.833. The highest BCUT2D eigenvalue weighted by molar-refractivity contribution is 8.00. The summed E-state index contributed by atoms with van der Waals surface area (Å²) >= 11 is 1.12. The molecule has 3 fully saturated rings. The Balaban J connectivity index is 1.54. The van der Waals surface area contributed by atoms with Crippen LogP contribution in [0.1, 0.15) is 40.0 Å². The zero-order chi connectivity index (χ0) is 25.1. The van der Waals surface area contributed by atoms with Gasteiger partial charge in [-0.2, -0.15) is 0 Å². The SMILES string of the molecule is COC(=O)[C@@H](N)CSCC(=O)NC(=O)O[C@@H]1CC[C@]2(CO2)[C@@H]([C@@]2(C)O[C@@H]2CC=C(C)C)[C@@H]1OC. The summed E-state index contributed by atoms with van der Waals surface area (Å²) in [6.07, 6.45) is 2.50. The van der Waals surface area contributed by atoms with Crippen molar-refractivity contribution in [1.29, 1.82) is 0 Å². The number of carbonyl (C=O) groups is 3. The molecule has 1 saturated carbocycles. The molecule has 10 nitrogen and oxygen atoms in total. The van der Waals surface area contributed by atoms with Gasteiger partial charge in [-0.1, -0.05) is 11.6 Å². The van der Waals surface area contributed by atoms with Gasteiger partial charge in [0.05, 0.1) is 31.5 Å². The number of epoxide rings is 2. The van der Waals surface area contributed by atoms with Crippen molar-refractivity contribution in [3.63, 3.8) is 0 Å². The number of carbonyl (C=O) groups excluding carboxylic acids is 3. The lowest BCUT2D eigenvalue weighted by atomic mass is 9.68. The normalized spacial score (nSPS) is 34.6. The lowest BCUT2D eigenvalue weighted by Gasteiger charge is -2.42. The van der Waals surface area contributed by atoms with Crippen LogP contribution in [0.5, 0.6) is 0 Å². The van der Waals surface area contributed by atoms with Gasteiger partial charge in [0.2, 0.25) is 5.91 Å². The Morgan fingerprint density at radius 2 is 2.00 bits per heavy atom. The highest BCUT2D eigenvalue weighted by Gasteiger charge is 2.72. The van der Waals surface area contributed by atoms with E-state index in [-0.39, 0.29) is 29.1 Å². The first-order chi connectivity index (χ1) is 16.1. The Hall–Kier alpha value is -1.66. The highest BCUT2D eigenvalue weighted by atomic mass is 32.2. The first kappa shape index (κ1) is 26.9. The van der Waals surface area contributed by atoms with Gasteiger partial charge in [0.25, 0.3) is 0 Å². The van der Waals surface area contributed by atoms with Gasteiger partial charge in [-0.25, -0.2) is 4.79 Å². The van der Waals surface area contributed by atoms with Gasteiger partial charge < -0.3 is 29.4 Å². The maximum absolute atomic E-state index is 12.4. The number of hydrogen-bond donors (Lipinski definition) is 2. The Kier molecular flexibility index (Phi) is 8.67. The van der Waals surface area contributed by atoms with E-state index in [0.29, 0.717) is 13.0 Å². The number of imide groups is 1. The van der Waals surface area contributed by atoms with Crippen LogP contribution in [-0.4, -0.2) is 85.9 Å². The Morgan fingerprint density at radius 1 is 1.29 bits per heavy atom. The molecule has 2 aliphatic heterocycles. The summed E-state index contributed by atoms with van der Waals surface area (Å²) in [7, 11) is 2.84. The van der Waals surface area contributed by atoms with E-state index in [0.717, 1.165) is 24.6 Å². The lowest BCUT2D eigenvalue weighted by molar-refractivity contribution is -0.141. The molecular formula is C23H36N2O8S. The van der Waals surface area contributed by atoms with Crippen molar-refractivity contribution >= 4 is 29.7 Å². The lowest BCUT2D eigenvalue weighted by Crippen LogP contribution is -2.56. The van der Waals surface area contributed by atoms with Crippen molar-refractivity contribution in [3.8, 4) is 0 Å². The Bertz CT molecular complexity index is 813. The molecule has 3 aliphatic rings. The number of thioether (sulfide) groups is 1. The molecule has 1 aliphatic carbocycles. The van der Waals surface area contributed by atoms with Crippen molar-refractivity contribution in [2.24, 2.45) is 11.7 Å². The van der Waals surface area contributed by atoms with Gasteiger partial charge in [0.15, 0.2) is 0 Å². The molecule has 2 heterocycles. The summed E-state index contributed by atoms with van der Waals surface area (Å²) in [6, 6.07) is -0.833. The molecule has 0 aromatic rings. The minimum absolute atomic E-state index is 0.0459. The molecule has 11 heteroatoms. The quantitative estimate of drug-likeness (QED) is 0.258. The molecule has 3 rings (SSSR count). The predicted molar refractivity (Wildman–Crippen MR) is 125 cm³/mol. The molecule has 0 unspecified atom stereocenters. The van der Waals surface area contributed by atoms with Crippen LogP contribution >= 0.6 is 11.8 Å². The van der Waals surface area contributed by atoms with Gasteiger partial charge in [-0.05, 0) is 40.0 Å². The summed E-state index contributed by atoms with van der Waals surface area (Å²) in [4.78, 5) is 35.9. The van der Waals surface area contributed by atoms with Crippen LogP contribution in [0.2, 0.25) is 0 Å². The van der Waals surface area contributed by atoms with Crippen molar-refractivity contribution in [2.45, 2.75) is 75.6 Å². The second-order valence-electron chi connectivity index (χ2n) is 9.51. The Labute approximate surface area is 204 Å². The van der Waals surface area contributed by atoms with E-state index in [2.05, 4.69) is 36.9 Å². The molecule has 1 spiro atoms. The summed E-state index contributed by atoms with van der Waals surface area (Å²) < 4.78 is 28.1. The van der Waals surface area contributed by atoms with Gasteiger partial charge in [-0.3, -0.25) is 14.9 Å². The fourth-order valence-corrected chi connectivity index (χ4v) is 5.65. The molecule has 0 aromatic heterocycles. The summed E-state index contributed by atoms with van der Waals surface area (Å²) in [5.41, 5.74) is 6.11. The largest absolute Gasteiger partial charge is 0.468 e. The molecule has 7 atom stereocenters. The van der Waals surface area contributed by atoms with Crippen molar-refractivity contribution < 1.29 is 38.1 Å². The number of methoxy groups -OCH3 is 2. The van der Waals surface area contributed by atoms with Crippen LogP contribution in [0.4, 0.5) is 4.79 Å². The summed E-state index contributed by atoms with van der Waals surface area (Å²) in [5, 5.41) is 2.23. The van der Waals surface area contributed by atoms with E-state index in [9.17, 15) is 14.4 Å². The molecule has 2 saturated heterocycles. The zero-order valence-electron chi connectivity index (χ0n) is 20.5. The number of nitrogens with two attached hydrogens (primary N) is 1. The van der Waals surface area contributed by atoms with Gasteiger partial charge >= 0.3 is 12.1 Å². The fourth-order valence-electron chi connectivity index (χ4n) is 4.89. The zero-order valence-corrected chi connectivity index (χ0v) is 21.3. The maximum Gasteiger partial charge on any atom is 0.414 e. The predicted octanol–water partition coefficient (Wildman–Crippen LogP) is 1.55. The van der Waals surface area contributed by atoms with E-state index >= 15 is 0 Å². The van der Waals surface area contributed by atoms with Gasteiger partial charge in [0.1, 0.15) is 29.5 Å². The van der Waals surface area contributed by atoms with E-state index in [1.165, 1.54) is 12.7 Å². The number of alkyl carbamates (subject to hydrolysis) is 1. The van der Waals surface area contributed by atoms with Crippen LogP contribution in [0, 0.1) is 5.92 Å². The fraction of sp³-hybridized carbons (Fsp3) is 0.783. The second kappa shape index (κ2) is 10.9. The molecule has 0 aromatic carbocycles. The van der Waals surface area contributed by atoms with Gasteiger partial charge in [0, 0.05) is 12.9 Å². The first-order valence-electron chi connectivity index (χ1n) is 11.5. The van der Waals surface area contributed by atoms with Crippen molar-refractivity contribution in [1.82, 2.24) is 5.32 Å². The molecule has 0 radical (unpaired) electrons. The molecular weight excluding hydrogens is 464 g/mol. The van der Waals surface area contributed by atoms with Crippen molar-refractivity contribution in [2.75, 3.05) is 32.3 Å². The van der Waals surface area contributed by atoms with E-state index in [1.54, 1.807) is 7.11 Å². The number of rotatable bonds is 10. The number of hydrogen-bond acceptors (Lipinski definition) is 10. The van der Waals surface area contributed by atoms with Crippen LogP contribution < -0.4 is 11.1 Å². The summed E-state index contributed by atoms with van der Waals surface area (Å²) in [5.74, 6) is -1.04. The number of allylic oxidation sites excluding steroid dienone is 1. The number of esters is 1. The third-order valence-electron chi connectivity index (χ3n) is 6.77. The topological polar surface area (TPSA) is 142 Å². The smallest absolute Gasteiger partial charge is 0.414 e. The number of ether oxygens (including phenoxy) is 5. The maximum atomic E-state index is 12.4. The summed E-state index contributed by atoms with van der Waals surface area (Å²) in [6.45, 7) is 6.81. The molecule has 34 heavy (non-hydrogen) atoms. The van der Waals surface area contributed by atoms with E-state index in [1.807, 2.05) is 0 Å². The number of nitrogens with one attached hydrogen (secondary N) is 1. The van der Waals surface area contributed by atoms with Crippen molar-refractivity contribution in [3.05, 3.63) is 11.6 Å². The second-order valence-corrected chi connectivity index (χ2v) is 10.5. The average molecular weight is 501 g/mol. The molecule has 2 amide bonds.